The van der Waals surface area contributed by atoms with Crippen LogP contribution in [0.2, 0.25) is 0 Å². The van der Waals surface area contributed by atoms with E-state index in [0.717, 1.165) is 12.1 Å². The number of allylic oxidation sites excluding steroid dienone is 4. The number of aromatic nitrogens is 2. The van der Waals surface area contributed by atoms with E-state index in [-0.39, 0.29) is 0 Å². The van der Waals surface area contributed by atoms with E-state index in [9.17, 15) is 0 Å². The Hall–Kier alpha value is -7.53. The van der Waals surface area contributed by atoms with Crippen molar-refractivity contribution in [2.24, 2.45) is 0 Å². The Labute approximate surface area is 368 Å². The summed E-state index contributed by atoms with van der Waals surface area (Å²) in [6.07, 6.45) is 5.93. The fraction of sp³-hybridized carbons (Fsp3) is 0.0508. The van der Waals surface area contributed by atoms with Crippen molar-refractivity contribution in [1.29, 1.82) is 0 Å². The number of nitrogens with zero attached hydrogens (tertiary/aromatic N) is 3. The van der Waals surface area contributed by atoms with Crippen molar-refractivity contribution in [1.82, 2.24) is 9.13 Å². The van der Waals surface area contributed by atoms with E-state index in [2.05, 4.69) is 220 Å². The van der Waals surface area contributed by atoms with Gasteiger partial charge in [0, 0.05) is 60.0 Å². The predicted molar refractivity (Wildman–Crippen MR) is 262 cm³/mol. The van der Waals surface area contributed by atoms with Crippen LogP contribution in [0.5, 0.6) is 0 Å². The highest BCUT2D eigenvalue weighted by atomic mass is 32.2. The molecule has 1 spiro atoms. The molecular formula is C59H37N3S. The van der Waals surface area contributed by atoms with Gasteiger partial charge in [-0.05, 0) is 112 Å². The second-order valence-corrected chi connectivity index (χ2v) is 18.6. The molecule has 2 unspecified atom stereocenters. The van der Waals surface area contributed by atoms with Crippen molar-refractivity contribution >= 4 is 77.5 Å². The fourth-order valence-corrected chi connectivity index (χ4v) is 13.5. The number of anilines is 2. The normalized spacial score (nSPS) is 18.1. The molecular weight excluding hydrogens is 783 g/mol. The molecule has 294 valence electrons. The molecule has 15 rings (SSSR count). The van der Waals surface area contributed by atoms with Gasteiger partial charge in [-0.15, -0.1) is 0 Å². The third kappa shape index (κ3) is 4.27. The Morgan fingerprint density at radius 2 is 1.13 bits per heavy atom. The van der Waals surface area contributed by atoms with Gasteiger partial charge in [-0.3, -0.25) is 0 Å². The van der Waals surface area contributed by atoms with E-state index in [1.807, 2.05) is 11.8 Å². The van der Waals surface area contributed by atoms with Gasteiger partial charge < -0.3 is 14.0 Å². The molecule has 0 amide bonds. The highest BCUT2D eigenvalue weighted by Gasteiger charge is 2.54. The fourth-order valence-electron chi connectivity index (χ4n) is 12.2. The lowest BCUT2D eigenvalue weighted by molar-refractivity contribution is 0.650. The number of para-hydroxylation sites is 4. The smallest absolute Gasteiger partial charge is 0.0761 e. The summed E-state index contributed by atoms with van der Waals surface area (Å²) in [5, 5.41) is 7.58. The summed E-state index contributed by atoms with van der Waals surface area (Å²) in [7, 11) is 0. The number of hydrogen-bond acceptors (Lipinski definition) is 2. The van der Waals surface area contributed by atoms with Gasteiger partial charge in [-0.2, -0.15) is 0 Å². The van der Waals surface area contributed by atoms with Crippen molar-refractivity contribution < 1.29 is 0 Å². The van der Waals surface area contributed by atoms with Gasteiger partial charge >= 0.3 is 0 Å². The maximum absolute atomic E-state index is 2.60. The van der Waals surface area contributed by atoms with Crippen LogP contribution in [0, 0.1) is 0 Å². The zero-order valence-corrected chi connectivity index (χ0v) is 35.0. The summed E-state index contributed by atoms with van der Waals surface area (Å²) in [5.74, 6) is 0.310. The average Bonchev–Trinajstić information content (AvgIpc) is 3.99. The van der Waals surface area contributed by atoms with Gasteiger partial charge in [0.05, 0.1) is 33.2 Å². The van der Waals surface area contributed by atoms with Crippen LogP contribution in [0.25, 0.3) is 65.8 Å². The third-order valence-electron chi connectivity index (χ3n) is 14.6. The summed E-state index contributed by atoms with van der Waals surface area (Å²) in [6.45, 7) is 0. The largest absolute Gasteiger partial charge is 0.313 e. The Kier molecular flexibility index (Phi) is 6.66. The summed E-state index contributed by atoms with van der Waals surface area (Å²) >= 11 is 1.95. The molecule has 0 fully saturated rings. The van der Waals surface area contributed by atoms with E-state index in [0.29, 0.717) is 5.92 Å². The molecule has 0 saturated carbocycles. The monoisotopic (exact) mass is 819 g/mol. The molecule has 11 aromatic rings. The number of hydrogen-bond donors (Lipinski definition) is 0. The molecule has 2 atom stereocenters. The van der Waals surface area contributed by atoms with Crippen molar-refractivity contribution in [3.05, 3.63) is 240 Å². The van der Waals surface area contributed by atoms with Crippen LogP contribution >= 0.6 is 11.8 Å². The first kappa shape index (κ1) is 34.1. The van der Waals surface area contributed by atoms with Crippen LogP contribution in [0.3, 0.4) is 0 Å². The minimum atomic E-state index is -0.502. The number of rotatable bonds is 2. The molecule has 4 heteroatoms. The molecule has 63 heavy (non-hydrogen) atoms. The number of fused-ring (bicyclic) bond motifs is 19. The quantitative estimate of drug-likeness (QED) is 0.172. The molecule has 0 bridgehead atoms. The van der Waals surface area contributed by atoms with Crippen molar-refractivity contribution in [2.75, 3.05) is 4.90 Å². The second kappa shape index (κ2) is 12.3. The predicted octanol–water partition coefficient (Wildman–Crippen LogP) is 15.3. The SMILES string of the molecule is C1=CC2=C3C(C1)c1ccccc1N3c1ccccc1C21c2ccccc2Sc2c1ccc1c2c2ccccc2n1-c1ccc2c(c1)c1ccccc1n2-c1ccc2ccccc2c1. The molecule has 0 radical (unpaired) electrons. The molecule has 3 nitrogen and oxygen atoms in total. The van der Waals surface area contributed by atoms with Crippen LogP contribution in [-0.4, -0.2) is 9.13 Å². The summed E-state index contributed by atoms with van der Waals surface area (Å²) in [6, 6.07) is 73.0. The number of benzene rings is 9. The Bertz CT molecular complexity index is 3900. The van der Waals surface area contributed by atoms with Crippen LogP contribution < -0.4 is 4.90 Å². The maximum Gasteiger partial charge on any atom is 0.0761 e. The van der Waals surface area contributed by atoms with Gasteiger partial charge in [0.25, 0.3) is 0 Å². The first-order chi connectivity index (χ1) is 31.3. The topological polar surface area (TPSA) is 13.1 Å². The van der Waals surface area contributed by atoms with Gasteiger partial charge in [-0.1, -0.05) is 151 Å². The van der Waals surface area contributed by atoms with Gasteiger partial charge in [0.2, 0.25) is 0 Å². The van der Waals surface area contributed by atoms with Crippen LogP contribution in [0.4, 0.5) is 11.4 Å². The molecule has 2 aromatic heterocycles. The molecule has 5 heterocycles. The molecule has 9 aromatic carbocycles. The average molecular weight is 820 g/mol. The van der Waals surface area contributed by atoms with E-state index >= 15 is 0 Å². The molecule has 3 aliphatic heterocycles. The van der Waals surface area contributed by atoms with E-state index < -0.39 is 5.41 Å². The molecule has 4 aliphatic rings. The molecule has 0 N–H and O–H groups in total. The zero-order chi connectivity index (χ0) is 41.0. The standard InChI is InChI=1S/C59H37N3S/c1-2-15-37-34-38(29-28-36(37)14-1)60-49-23-8-4-17-41(49)44-35-39(30-32-52(44)60)61-51-25-10-5-18-43(51)56-54(61)33-31-48-58(56)63-55-27-12-7-21-46(55)59(48)45-20-6-11-26-53(45)62-50-24-9-3-16-40(50)42-19-13-22-47(59)57(42)62/h1-18,20-35,42H,19H2. The van der Waals surface area contributed by atoms with Gasteiger partial charge in [0.15, 0.2) is 0 Å². The minimum absolute atomic E-state index is 0.310. The van der Waals surface area contributed by atoms with E-state index in [1.165, 1.54) is 115 Å². The summed E-state index contributed by atoms with van der Waals surface area (Å²) in [5.41, 5.74) is 17.6. The van der Waals surface area contributed by atoms with E-state index in [1.54, 1.807) is 0 Å². The van der Waals surface area contributed by atoms with Crippen LogP contribution in [0.1, 0.15) is 34.6 Å². The minimum Gasteiger partial charge on any atom is -0.313 e. The Morgan fingerprint density at radius 3 is 2.03 bits per heavy atom. The zero-order valence-electron chi connectivity index (χ0n) is 34.2. The molecule has 1 aliphatic carbocycles. The highest BCUT2D eigenvalue weighted by Crippen LogP contribution is 2.67. The Balaban J connectivity index is 1.01. The lowest BCUT2D eigenvalue weighted by Crippen LogP contribution is -2.42. The van der Waals surface area contributed by atoms with Gasteiger partial charge in [0.1, 0.15) is 0 Å². The Morgan fingerprint density at radius 1 is 0.476 bits per heavy atom. The van der Waals surface area contributed by atoms with Crippen LogP contribution in [-0.2, 0) is 5.41 Å². The van der Waals surface area contributed by atoms with E-state index in [4.69, 9.17) is 0 Å². The van der Waals surface area contributed by atoms with Crippen molar-refractivity contribution in [2.45, 2.75) is 27.5 Å². The highest BCUT2D eigenvalue weighted by molar-refractivity contribution is 7.99. The van der Waals surface area contributed by atoms with Crippen molar-refractivity contribution in [3.63, 3.8) is 0 Å². The summed E-state index contributed by atoms with van der Waals surface area (Å²) in [4.78, 5) is 5.26. The molecule has 0 saturated heterocycles. The lowest BCUT2D eigenvalue weighted by atomic mass is 9.60. The maximum atomic E-state index is 2.60. The lowest BCUT2D eigenvalue weighted by Gasteiger charge is -2.49. The first-order valence-electron chi connectivity index (χ1n) is 22.0. The summed E-state index contributed by atoms with van der Waals surface area (Å²) < 4.78 is 4.95. The second-order valence-electron chi connectivity index (χ2n) is 17.5. The first-order valence-corrected chi connectivity index (χ1v) is 22.9. The van der Waals surface area contributed by atoms with Crippen LogP contribution in [0.15, 0.2) is 227 Å². The van der Waals surface area contributed by atoms with Gasteiger partial charge in [-0.25, -0.2) is 0 Å². The third-order valence-corrected chi connectivity index (χ3v) is 15.8. The van der Waals surface area contributed by atoms with Crippen molar-refractivity contribution in [3.8, 4) is 11.4 Å².